The molecule has 0 amide bonds. The Morgan fingerprint density at radius 2 is 0.434 bits per heavy atom. The monoisotopic (exact) mass is 1160 g/mol. The van der Waals surface area contributed by atoms with Gasteiger partial charge in [-0.25, -0.2) is 0 Å². The second kappa shape index (κ2) is 71.8. The second-order valence-corrected chi connectivity index (χ2v) is 25.2. The van der Waals surface area contributed by atoms with Gasteiger partial charge in [-0.2, -0.15) is 0 Å². The van der Waals surface area contributed by atoms with Crippen molar-refractivity contribution in [2.75, 3.05) is 13.2 Å². The maximum atomic E-state index is 13.0. The molecule has 0 aromatic rings. The van der Waals surface area contributed by atoms with Gasteiger partial charge in [-0.1, -0.05) is 352 Å². The van der Waals surface area contributed by atoms with Crippen LogP contribution in [-0.4, -0.2) is 37.2 Å². The van der Waals surface area contributed by atoms with Gasteiger partial charge in [0, 0.05) is 19.3 Å². The van der Waals surface area contributed by atoms with Crippen LogP contribution in [0.15, 0.2) is 48.6 Å². The zero-order valence-corrected chi connectivity index (χ0v) is 56.0. The average molecular weight is 1160 g/mol. The predicted octanol–water partition coefficient (Wildman–Crippen LogP) is 25.7. The van der Waals surface area contributed by atoms with Crippen molar-refractivity contribution in [3.63, 3.8) is 0 Å². The molecule has 1 atom stereocenters. The summed E-state index contributed by atoms with van der Waals surface area (Å²) in [7, 11) is 0. The number of rotatable bonds is 69. The molecule has 1 unspecified atom stereocenters. The molecule has 6 heteroatoms. The van der Waals surface area contributed by atoms with Gasteiger partial charge in [0.15, 0.2) is 6.10 Å². The topological polar surface area (TPSA) is 78.9 Å². The van der Waals surface area contributed by atoms with Crippen LogP contribution >= 0.6 is 0 Å². The number of esters is 3. The van der Waals surface area contributed by atoms with E-state index < -0.39 is 6.10 Å². The summed E-state index contributed by atoms with van der Waals surface area (Å²) in [6.45, 7) is 6.67. The molecule has 0 aliphatic heterocycles. The highest BCUT2D eigenvalue weighted by Gasteiger charge is 2.19. The summed E-state index contributed by atoms with van der Waals surface area (Å²) >= 11 is 0. The third-order valence-electron chi connectivity index (χ3n) is 16.8. The third kappa shape index (κ3) is 70.0. The van der Waals surface area contributed by atoms with Gasteiger partial charge >= 0.3 is 17.9 Å². The molecule has 0 N–H and O–H groups in total. The molecule has 0 spiro atoms. The molecular formula is C77H142O6. The van der Waals surface area contributed by atoms with E-state index in [2.05, 4.69) is 69.4 Å². The molecule has 0 saturated carbocycles. The Kier molecular flexibility index (Phi) is 69.6. The maximum absolute atomic E-state index is 13.0. The summed E-state index contributed by atoms with van der Waals surface area (Å²) in [6.07, 6.45) is 91.5. The van der Waals surface area contributed by atoms with Gasteiger partial charge < -0.3 is 14.2 Å². The third-order valence-corrected chi connectivity index (χ3v) is 16.8. The van der Waals surface area contributed by atoms with Crippen LogP contribution in [-0.2, 0) is 28.6 Å². The zero-order chi connectivity index (χ0) is 59.9. The SMILES string of the molecule is CCCCC/C=C\C/C=C\C/C=C\CCCCCCCCC(=O)OC(COC(=O)CCCCCCCCCCCCCCCCC)COC(=O)CCCCCCCCCCCCCCCCCCCCC/C=C\CCCCCCCCCC. The summed E-state index contributed by atoms with van der Waals surface area (Å²) in [5.74, 6) is -0.857. The van der Waals surface area contributed by atoms with E-state index in [-0.39, 0.29) is 31.1 Å². The van der Waals surface area contributed by atoms with E-state index in [1.807, 2.05) is 0 Å². The fraction of sp³-hybridized carbons (Fsp3) is 0.857. The van der Waals surface area contributed by atoms with Gasteiger partial charge in [0.25, 0.3) is 0 Å². The predicted molar refractivity (Wildman–Crippen MR) is 362 cm³/mol. The highest BCUT2D eigenvalue weighted by Crippen LogP contribution is 2.19. The van der Waals surface area contributed by atoms with E-state index in [9.17, 15) is 14.4 Å². The van der Waals surface area contributed by atoms with Crippen molar-refractivity contribution in [2.45, 2.75) is 412 Å². The van der Waals surface area contributed by atoms with Crippen LogP contribution in [0.1, 0.15) is 406 Å². The van der Waals surface area contributed by atoms with E-state index >= 15 is 0 Å². The number of hydrogen-bond acceptors (Lipinski definition) is 6. The van der Waals surface area contributed by atoms with Crippen molar-refractivity contribution in [3.8, 4) is 0 Å². The van der Waals surface area contributed by atoms with Crippen molar-refractivity contribution < 1.29 is 28.6 Å². The molecule has 0 aliphatic carbocycles. The first-order valence-electron chi connectivity index (χ1n) is 37.1. The van der Waals surface area contributed by atoms with Crippen molar-refractivity contribution in [3.05, 3.63) is 48.6 Å². The molecule has 0 fully saturated rings. The van der Waals surface area contributed by atoms with E-state index in [0.717, 1.165) is 77.0 Å². The Morgan fingerprint density at radius 3 is 0.711 bits per heavy atom. The van der Waals surface area contributed by atoms with Gasteiger partial charge in [0.1, 0.15) is 13.2 Å². The number of ether oxygens (including phenoxy) is 3. The number of carbonyl (C=O) groups excluding carboxylic acids is 3. The van der Waals surface area contributed by atoms with E-state index in [1.165, 1.54) is 289 Å². The zero-order valence-electron chi connectivity index (χ0n) is 56.0. The molecule has 0 aliphatic rings. The standard InChI is InChI=1S/C77H142O6/c1-4-7-10-13-16-19-22-25-28-30-32-33-34-35-36-37-38-39-40-41-42-43-45-46-49-52-55-58-61-64-67-70-76(79)82-73-74(72-81-75(78)69-66-63-60-57-54-51-48-27-24-21-18-15-12-9-6-3)83-77(80)71-68-65-62-59-56-53-50-47-44-31-29-26-23-20-17-14-11-8-5-2/h17,20,26,29-30,32,44,47,74H,4-16,18-19,21-25,27-28,31,33-43,45-46,48-73H2,1-3H3/b20-17-,29-26-,32-30-,47-44-. The molecule has 0 aromatic heterocycles. The maximum Gasteiger partial charge on any atom is 0.306 e. The van der Waals surface area contributed by atoms with Gasteiger partial charge in [0.05, 0.1) is 0 Å². The first kappa shape index (κ1) is 80.4. The molecule has 0 saturated heterocycles. The van der Waals surface area contributed by atoms with E-state index in [4.69, 9.17) is 14.2 Å². The second-order valence-electron chi connectivity index (χ2n) is 25.2. The quantitative estimate of drug-likeness (QED) is 0.0261. The van der Waals surface area contributed by atoms with Crippen LogP contribution < -0.4 is 0 Å². The van der Waals surface area contributed by atoms with Gasteiger partial charge in [-0.15, -0.1) is 0 Å². The first-order chi connectivity index (χ1) is 41.0. The Labute approximate surface area is 518 Å². The first-order valence-corrected chi connectivity index (χ1v) is 37.1. The van der Waals surface area contributed by atoms with Crippen LogP contribution in [0.25, 0.3) is 0 Å². The van der Waals surface area contributed by atoms with E-state index in [1.54, 1.807) is 0 Å². The number of allylic oxidation sites excluding steroid dienone is 8. The molecular weight excluding hydrogens is 1020 g/mol. The number of hydrogen-bond donors (Lipinski definition) is 0. The normalized spacial score (nSPS) is 12.3. The summed E-state index contributed by atoms with van der Waals surface area (Å²) in [5.41, 5.74) is 0. The van der Waals surface area contributed by atoms with Gasteiger partial charge in [-0.05, 0) is 83.5 Å². The van der Waals surface area contributed by atoms with E-state index in [0.29, 0.717) is 19.3 Å². The molecule has 486 valence electrons. The van der Waals surface area contributed by atoms with Crippen LogP contribution in [0.2, 0.25) is 0 Å². The van der Waals surface area contributed by atoms with Crippen LogP contribution in [0.5, 0.6) is 0 Å². The molecule has 83 heavy (non-hydrogen) atoms. The average Bonchev–Trinajstić information content (AvgIpc) is 3.49. The lowest BCUT2D eigenvalue weighted by molar-refractivity contribution is -0.167. The molecule has 6 nitrogen and oxygen atoms in total. The van der Waals surface area contributed by atoms with Crippen molar-refractivity contribution in [2.24, 2.45) is 0 Å². The largest absolute Gasteiger partial charge is 0.462 e. The highest BCUT2D eigenvalue weighted by molar-refractivity contribution is 5.71. The number of unbranched alkanes of at least 4 members (excludes halogenated alkanes) is 50. The smallest absolute Gasteiger partial charge is 0.306 e. The highest BCUT2D eigenvalue weighted by atomic mass is 16.6. The minimum Gasteiger partial charge on any atom is -0.462 e. The van der Waals surface area contributed by atoms with Crippen LogP contribution in [0, 0.1) is 0 Å². The molecule has 0 heterocycles. The summed E-state index contributed by atoms with van der Waals surface area (Å²) in [5, 5.41) is 0. The van der Waals surface area contributed by atoms with Crippen molar-refractivity contribution in [1.29, 1.82) is 0 Å². The van der Waals surface area contributed by atoms with Gasteiger partial charge in [0.2, 0.25) is 0 Å². The Hall–Kier alpha value is -2.63. The summed E-state index contributed by atoms with van der Waals surface area (Å²) in [6, 6.07) is 0. The minimum absolute atomic E-state index is 0.0732. The number of carbonyl (C=O) groups is 3. The summed E-state index contributed by atoms with van der Waals surface area (Å²) < 4.78 is 17.0. The van der Waals surface area contributed by atoms with Gasteiger partial charge in [-0.3, -0.25) is 14.4 Å². The molecule has 0 aromatic carbocycles. The fourth-order valence-corrected chi connectivity index (χ4v) is 11.2. The Bertz CT molecular complexity index is 1430. The fourth-order valence-electron chi connectivity index (χ4n) is 11.2. The van der Waals surface area contributed by atoms with Crippen LogP contribution in [0.4, 0.5) is 0 Å². The lowest BCUT2D eigenvalue weighted by Gasteiger charge is -2.18. The van der Waals surface area contributed by atoms with Crippen molar-refractivity contribution in [1.82, 2.24) is 0 Å². The lowest BCUT2D eigenvalue weighted by Crippen LogP contribution is -2.30. The Morgan fingerprint density at radius 1 is 0.241 bits per heavy atom. The minimum atomic E-state index is -0.779. The molecule has 0 rings (SSSR count). The Balaban J connectivity index is 4.20. The lowest BCUT2D eigenvalue weighted by atomic mass is 10.0. The summed E-state index contributed by atoms with van der Waals surface area (Å²) in [4.78, 5) is 38.5. The molecule has 0 radical (unpaired) electrons. The molecule has 0 bridgehead atoms. The van der Waals surface area contributed by atoms with Crippen molar-refractivity contribution >= 4 is 17.9 Å². The van der Waals surface area contributed by atoms with Crippen LogP contribution in [0.3, 0.4) is 0 Å².